The SMILES string of the molecule is O=C(CS(=O)(=O)c1nnnn1-c1ccccc1)c1cccs1. The van der Waals surface area contributed by atoms with Crippen LogP contribution in [0.4, 0.5) is 0 Å². The second-order valence-electron chi connectivity index (χ2n) is 4.37. The predicted octanol–water partition coefficient (Wildman–Crippen LogP) is 1.38. The van der Waals surface area contributed by atoms with Crippen LogP contribution in [0.25, 0.3) is 5.69 Å². The Morgan fingerprint density at radius 2 is 1.91 bits per heavy atom. The fraction of sp³-hybridized carbons (Fsp3) is 0.0769. The Bertz CT molecular complexity index is 887. The molecule has 0 aliphatic rings. The first-order valence-corrected chi connectivity index (χ1v) is 8.74. The Hall–Kier alpha value is -2.39. The van der Waals surface area contributed by atoms with Crippen molar-refractivity contribution in [3.8, 4) is 5.69 Å². The molecule has 2 heterocycles. The Balaban J connectivity index is 1.94. The third-order valence-corrected chi connectivity index (χ3v) is 5.20. The van der Waals surface area contributed by atoms with Gasteiger partial charge in [-0.25, -0.2) is 8.42 Å². The van der Waals surface area contributed by atoms with Crippen molar-refractivity contribution in [2.75, 3.05) is 5.75 Å². The van der Waals surface area contributed by atoms with Gasteiger partial charge in [0.05, 0.1) is 10.6 Å². The maximum Gasteiger partial charge on any atom is 0.272 e. The number of sulfone groups is 1. The molecule has 3 rings (SSSR count). The predicted molar refractivity (Wildman–Crippen MR) is 79.9 cm³/mol. The van der Waals surface area contributed by atoms with Gasteiger partial charge in [0.15, 0.2) is 5.78 Å². The summed E-state index contributed by atoms with van der Waals surface area (Å²) in [5.74, 6) is -1.14. The van der Waals surface area contributed by atoms with Crippen molar-refractivity contribution in [3.05, 3.63) is 52.7 Å². The lowest BCUT2D eigenvalue weighted by atomic mass is 10.3. The first kappa shape index (κ1) is 14.5. The lowest BCUT2D eigenvalue weighted by molar-refractivity contribution is 0.102. The molecular weight excluding hydrogens is 324 g/mol. The number of aromatic nitrogens is 4. The summed E-state index contributed by atoms with van der Waals surface area (Å²) >= 11 is 1.20. The molecule has 0 bridgehead atoms. The Morgan fingerprint density at radius 1 is 1.14 bits per heavy atom. The fourth-order valence-electron chi connectivity index (χ4n) is 1.85. The number of nitrogens with zero attached hydrogens (tertiary/aromatic N) is 4. The number of benzene rings is 1. The lowest BCUT2D eigenvalue weighted by Crippen LogP contribution is -2.19. The maximum absolute atomic E-state index is 12.4. The molecule has 7 nitrogen and oxygen atoms in total. The van der Waals surface area contributed by atoms with Crippen molar-refractivity contribution < 1.29 is 13.2 Å². The molecule has 0 amide bonds. The first-order valence-electron chi connectivity index (χ1n) is 6.21. The van der Waals surface area contributed by atoms with E-state index in [4.69, 9.17) is 0 Å². The molecule has 0 spiro atoms. The second kappa shape index (κ2) is 5.78. The van der Waals surface area contributed by atoms with Crippen molar-refractivity contribution in [2.45, 2.75) is 5.16 Å². The summed E-state index contributed by atoms with van der Waals surface area (Å²) in [6, 6.07) is 11.9. The fourth-order valence-corrected chi connectivity index (χ4v) is 3.80. The van der Waals surface area contributed by atoms with Gasteiger partial charge in [0.1, 0.15) is 5.75 Å². The van der Waals surface area contributed by atoms with Crippen LogP contribution in [0, 0.1) is 0 Å². The van der Waals surface area contributed by atoms with Gasteiger partial charge in [-0.1, -0.05) is 29.4 Å². The van der Waals surface area contributed by atoms with Crippen molar-refractivity contribution in [1.82, 2.24) is 20.2 Å². The molecule has 0 aliphatic carbocycles. The molecule has 9 heteroatoms. The van der Waals surface area contributed by atoms with E-state index in [0.717, 1.165) is 4.68 Å². The molecule has 1 aromatic carbocycles. The topological polar surface area (TPSA) is 94.8 Å². The van der Waals surface area contributed by atoms with Crippen molar-refractivity contribution >= 4 is 27.0 Å². The number of hydrogen-bond donors (Lipinski definition) is 0. The number of para-hydroxylation sites is 1. The highest BCUT2D eigenvalue weighted by atomic mass is 32.2. The number of ketones is 1. The molecule has 112 valence electrons. The lowest BCUT2D eigenvalue weighted by Gasteiger charge is -2.04. The minimum absolute atomic E-state index is 0.344. The van der Waals surface area contributed by atoms with E-state index in [1.54, 1.807) is 47.8 Å². The van der Waals surface area contributed by atoms with E-state index in [2.05, 4.69) is 15.5 Å². The van der Waals surface area contributed by atoms with Gasteiger partial charge in [0, 0.05) is 0 Å². The Kier molecular flexibility index (Phi) is 3.82. The molecule has 0 aliphatic heterocycles. The standard InChI is InChI=1S/C13H10N4O3S2/c18-11(12-7-4-8-21-12)9-22(19,20)13-14-15-16-17(13)10-5-2-1-3-6-10/h1-8H,9H2. The summed E-state index contributed by atoms with van der Waals surface area (Å²) in [6.07, 6.45) is 0. The average molecular weight is 334 g/mol. The van der Waals surface area contributed by atoms with Crippen LogP contribution < -0.4 is 0 Å². The van der Waals surface area contributed by atoms with Gasteiger partial charge in [0.2, 0.25) is 9.84 Å². The van der Waals surface area contributed by atoms with Crippen LogP contribution in [0.15, 0.2) is 53.0 Å². The van der Waals surface area contributed by atoms with E-state index in [1.165, 1.54) is 11.3 Å². The van der Waals surface area contributed by atoms with Crippen LogP contribution in [0.3, 0.4) is 0 Å². The number of thiophene rings is 1. The maximum atomic E-state index is 12.4. The first-order chi connectivity index (χ1) is 10.6. The molecule has 0 fully saturated rings. The van der Waals surface area contributed by atoms with Gasteiger partial charge in [0.25, 0.3) is 5.16 Å². The van der Waals surface area contributed by atoms with E-state index >= 15 is 0 Å². The van der Waals surface area contributed by atoms with Crippen LogP contribution in [-0.4, -0.2) is 40.2 Å². The van der Waals surface area contributed by atoms with Gasteiger partial charge in [-0.2, -0.15) is 4.68 Å². The van der Waals surface area contributed by atoms with E-state index < -0.39 is 21.4 Å². The molecule has 22 heavy (non-hydrogen) atoms. The van der Waals surface area contributed by atoms with Crippen LogP contribution in [0.1, 0.15) is 9.67 Å². The monoisotopic (exact) mass is 334 g/mol. The molecule has 2 aromatic heterocycles. The smallest absolute Gasteiger partial charge is 0.272 e. The normalized spacial score (nSPS) is 11.5. The van der Waals surface area contributed by atoms with E-state index in [1.807, 2.05) is 0 Å². The number of tetrazole rings is 1. The highest BCUT2D eigenvalue weighted by molar-refractivity contribution is 7.92. The number of hydrogen-bond acceptors (Lipinski definition) is 7. The zero-order valence-electron chi connectivity index (χ0n) is 11.2. The van der Waals surface area contributed by atoms with Gasteiger partial charge < -0.3 is 0 Å². The summed E-state index contributed by atoms with van der Waals surface area (Å²) < 4.78 is 25.9. The largest absolute Gasteiger partial charge is 0.292 e. The number of carbonyl (C=O) groups excluding carboxylic acids is 1. The van der Waals surface area contributed by atoms with E-state index in [9.17, 15) is 13.2 Å². The van der Waals surface area contributed by atoms with Gasteiger partial charge >= 0.3 is 0 Å². The Labute approximate surface area is 130 Å². The van der Waals surface area contributed by atoms with Crippen molar-refractivity contribution in [3.63, 3.8) is 0 Å². The second-order valence-corrected chi connectivity index (χ2v) is 7.20. The molecule has 0 saturated carbocycles. The minimum atomic E-state index is -3.94. The third-order valence-electron chi connectivity index (χ3n) is 2.84. The summed E-state index contributed by atoms with van der Waals surface area (Å²) in [7, 11) is -3.94. The minimum Gasteiger partial charge on any atom is -0.292 e. The molecular formula is C13H10N4O3S2. The summed E-state index contributed by atoms with van der Waals surface area (Å²) in [4.78, 5) is 12.4. The van der Waals surface area contributed by atoms with Crippen LogP contribution >= 0.6 is 11.3 Å². The quantitative estimate of drug-likeness (QED) is 0.654. The van der Waals surface area contributed by atoms with E-state index in [0.29, 0.717) is 10.6 Å². The molecule has 0 radical (unpaired) electrons. The Morgan fingerprint density at radius 3 is 2.59 bits per heavy atom. The number of rotatable bonds is 5. The van der Waals surface area contributed by atoms with Gasteiger partial charge in [-0.05, 0) is 34.0 Å². The average Bonchev–Trinajstić information content (AvgIpc) is 3.19. The molecule has 3 aromatic rings. The van der Waals surface area contributed by atoms with Crippen LogP contribution in [0.2, 0.25) is 0 Å². The third kappa shape index (κ3) is 2.81. The molecule has 0 saturated heterocycles. The molecule has 0 atom stereocenters. The summed E-state index contributed by atoms with van der Waals surface area (Å²) in [5, 5.41) is 12.0. The summed E-state index contributed by atoms with van der Waals surface area (Å²) in [6.45, 7) is 0. The van der Waals surface area contributed by atoms with Gasteiger partial charge in [-0.15, -0.1) is 11.3 Å². The number of Topliss-reactive ketones (excluding diaryl/α,β-unsaturated/α-hetero) is 1. The highest BCUT2D eigenvalue weighted by Crippen LogP contribution is 2.16. The van der Waals surface area contributed by atoms with Crippen molar-refractivity contribution in [2.24, 2.45) is 0 Å². The highest BCUT2D eigenvalue weighted by Gasteiger charge is 2.27. The summed E-state index contributed by atoms with van der Waals surface area (Å²) in [5.41, 5.74) is 0.509. The zero-order chi connectivity index (χ0) is 15.6. The van der Waals surface area contributed by atoms with Crippen molar-refractivity contribution in [1.29, 1.82) is 0 Å². The van der Waals surface area contributed by atoms with E-state index in [-0.39, 0.29) is 5.16 Å². The molecule has 0 unspecified atom stereocenters. The van der Waals surface area contributed by atoms with Gasteiger partial charge in [-0.3, -0.25) is 4.79 Å². The van der Waals surface area contributed by atoms with Crippen LogP contribution in [0.5, 0.6) is 0 Å². The number of carbonyl (C=O) groups is 1. The van der Waals surface area contributed by atoms with Crippen LogP contribution in [-0.2, 0) is 9.84 Å². The molecule has 0 N–H and O–H groups in total. The zero-order valence-corrected chi connectivity index (χ0v) is 12.8.